The Morgan fingerprint density at radius 3 is 2.65 bits per heavy atom. The molecule has 0 aliphatic carbocycles. The van der Waals surface area contributed by atoms with E-state index in [-0.39, 0.29) is 9.77 Å². The molecule has 2 N–H and O–H groups in total. The predicted molar refractivity (Wildman–Crippen MR) is 103 cm³/mol. The Balaban J connectivity index is 1.73. The number of H-pyrrole nitrogens is 1. The van der Waals surface area contributed by atoms with Crippen molar-refractivity contribution in [3.05, 3.63) is 75.8 Å². The van der Waals surface area contributed by atoms with E-state index in [1.807, 2.05) is 12.1 Å². The lowest BCUT2D eigenvalue weighted by atomic mass is 10.1. The lowest BCUT2D eigenvalue weighted by Gasteiger charge is -2.11. The maximum absolute atomic E-state index is 12.9. The molecule has 0 saturated heterocycles. The van der Waals surface area contributed by atoms with Crippen LogP contribution in [0.15, 0.2) is 75.9 Å². The molecule has 2 aromatic heterocycles. The number of pyridine rings is 1. The molecule has 4 rings (SSSR count). The van der Waals surface area contributed by atoms with Gasteiger partial charge in [-0.25, -0.2) is 8.42 Å². The van der Waals surface area contributed by atoms with Gasteiger partial charge in [0.2, 0.25) is 0 Å². The van der Waals surface area contributed by atoms with E-state index in [0.717, 1.165) is 22.3 Å². The molecule has 0 spiro atoms. The largest absolute Gasteiger partial charge is 0.312 e. The highest BCUT2D eigenvalue weighted by Crippen LogP contribution is 2.25. The van der Waals surface area contributed by atoms with Crippen LogP contribution in [0.4, 0.5) is 5.69 Å². The molecule has 6 nitrogen and oxygen atoms in total. The number of hydrogen-bond acceptors (Lipinski definition) is 5. The van der Waals surface area contributed by atoms with Crippen molar-refractivity contribution < 1.29 is 8.42 Å². The summed E-state index contributed by atoms with van der Waals surface area (Å²) in [5.41, 5.74) is 2.19. The van der Waals surface area contributed by atoms with Crippen LogP contribution in [0.25, 0.3) is 22.2 Å². The standard InChI is InChI=1S/C18H13N3O3S2/c22-18-20-15(11-25-18)13-5-1-7-14(10-13)21-26(23,24)16-8-2-4-12-6-3-9-19-17(12)16/h1-11,21H,(H,20,22). The zero-order chi connectivity index (χ0) is 18.1. The van der Waals surface area contributed by atoms with Crippen molar-refractivity contribution >= 4 is 38.0 Å². The van der Waals surface area contributed by atoms with Crippen LogP contribution in [0.2, 0.25) is 0 Å². The number of aromatic amines is 1. The Kier molecular flexibility index (Phi) is 4.06. The number of benzene rings is 2. The van der Waals surface area contributed by atoms with E-state index in [0.29, 0.717) is 16.9 Å². The van der Waals surface area contributed by atoms with Gasteiger partial charge in [-0.1, -0.05) is 41.7 Å². The van der Waals surface area contributed by atoms with Crippen LogP contribution in [-0.4, -0.2) is 18.4 Å². The fraction of sp³-hybridized carbons (Fsp3) is 0. The van der Waals surface area contributed by atoms with Gasteiger partial charge >= 0.3 is 4.87 Å². The van der Waals surface area contributed by atoms with E-state index in [4.69, 9.17) is 0 Å². The third kappa shape index (κ3) is 3.12. The number of hydrogen-bond donors (Lipinski definition) is 2. The monoisotopic (exact) mass is 383 g/mol. The third-order valence-corrected chi connectivity index (χ3v) is 5.91. The quantitative estimate of drug-likeness (QED) is 0.565. The molecule has 0 amide bonds. The normalized spacial score (nSPS) is 11.5. The van der Waals surface area contributed by atoms with Gasteiger partial charge in [0.05, 0.1) is 11.2 Å². The summed E-state index contributed by atoms with van der Waals surface area (Å²) in [4.78, 5) is 18.2. The first kappa shape index (κ1) is 16.5. The first-order chi connectivity index (χ1) is 12.5. The van der Waals surface area contributed by atoms with Gasteiger partial charge < -0.3 is 4.98 Å². The minimum absolute atomic E-state index is 0.116. The Bertz CT molecular complexity index is 1250. The molecule has 2 aromatic carbocycles. The Morgan fingerprint density at radius 2 is 1.85 bits per heavy atom. The van der Waals surface area contributed by atoms with Crippen molar-refractivity contribution in [2.24, 2.45) is 0 Å². The van der Waals surface area contributed by atoms with E-state index in [9.17, 15) is 13.2 Å². The van der Waals surface area contributed by atoms with Gasteiger partial charge in [0.15, 0.2) is 0 Å². The molecule has 2 heterocycles. The Hall–Kier alpha value is -2.97. The summed E-state index contributed by atoms with van der Waals surface area (Å²) in [5, 5.41) is 2.45. The van der Waals surface area contributed by atoms with Crippen LogP contribution < -0.4 is 9.60 Å². The van der Waals surface area contributed by atoms with E-state index in [2.05, 4.69) is 14.7 Å². The van der Waals surface area contributed by atoms with Gasteiger partial charge in [-0.05, 0) is 24.3 Å². The Labute approximate surface area is 153 Å². The van der Waals surface area contributed by atoms with E-state index >= 15 is 0 Å². The molecular formula is C18H13N3O3S2. The van der Waals surface area contributed by atoms with Gasteiger partial charge in [-0.2, -0.15) is 0 Å². The maximum Gasteiger partial charge on any atom is 0.304 e. The van der Waals surface area contributed by atoms with Gasteiger partial charge in [-0.15, -0.1) is 0 Å². The van der Waals surface area contributed by atoms with E-state index in [1.54, 1.807) is 48.0 Å². The maximum atomic E-state index is 12.9. The lowest BCUT2D eigenvalue weighted by molar-refractivity contribution is 0.602. The number of anilines is 1. The SMILES string of the molecule is O=c1[nH]c(-c2cccc(NS(=O)(=O)c3cccc4cccnc34)c2)cs1. The zero-order valence-corrected chi connectivity index (χ0v) is 15.0. The number of nitrogens with one attached hydrogen (secondary N) is 2. The van der Waals surface area contributed by atoms with Crippen molar-refractivity contribution in [2.75, 3.05) is 4.72 Å². The number of sulfonamides is 1. The number of rotatable bonds is 4. The summed E-state index contributed by atoms with van der Waals surface area (Å²) >= 11 is 1.06. The van der Waals surface area contributed by atoms with Gasteiger partial charge in [0.25, 0.3) is 10.0 Å². The van der Waals surface area contributed by atoms with Crippen molar-refractivity contribution in [1.82, 2.24) is 9.97 Å². The highest BCUT2D eigenvalue weighted by atomic mass is 32.2. The fourth-order valence-corrected chi connectivity index (χ4v) is 4.49. The number of nitrogens with zero attached hydrogens (tertiary/aromatic N) is 1. The molecule has 0 saturated carbocycles. The summed E-state index contributed by atoms with van der Waals surface area (Å²) in [6.07, 6.45) is 1.56. The minimum atomic E-state index is -3.82. The molecular weight excluding hydrogens is 370 g/mol. The van der Waals surface area contributed by atoms with E-state index in [1.165, 1.54) is 6.07 Å². The third-order valence-electron chi connectivity index (χ3n) is 3.83. The molecule has 26 heavy (non-hydrogen) atoms. The van der Waals surface area contributed by atoms with Crippen LogP contribution in [-0.2, 0) is 10.0 Å². The summed E-state index contributed by atoms with van der Waals surface area (Å²) in [7, 11) is -3.82. The molecule has 0 bridgehead atoms. The number of fused-ring (bicyclic) bond motifs is 1. The summed E-state index contributed by atoms with van der Waals surface area (Å²) in [6.45, 7) is 0. The summed E-state index contributed by atoms with van der Waals surface area (Å²) in [6, 6.07) is 15.5. The zero-order valence-electron chi connectivity index (χ0n) is 13.3. The average Bonchev–Trinajstić information content (AvgIpc) is 3.07. The van der Waals surface area contributed by atoms with Gasteiger partial charge in [0.1, 0.15) is 4.90 Å². The first-order valence-corrected chi connectivity index (χ1v) is 10.0. The molecule has 0 unspecified atom stereocenters. The highest BCUT2D eigenvalue weighted by Gasteiger charge is 2.18. The van der Waals surface area contributed by atoms with Gasteiger partial charge in [0, 0.05) is 28.2 Å². The number of thiazole rings is 1. The van der Waals surface area contributed by atoms with Crippen molar-refractivity contribution in [1.29, 1.82) is 0 Å². The molecule has 0 radical (unpaired) electrons. The molecule has 0 aliphatic rings. The molecule has 0 aliphatic heterocycles. The number of para-hydroxylation sites is 1. The van der Waals surface area contributed by atoms with Crippen LogP contribution in [0.1, 0.15) is 0 Å². The summed E-state index contributed by atoms with van der Waals surface area (Å²) < 4.78 is 28.3. The van der Waals surface area contributed by atoms with Crippen LogP contribution in [0.5, 0.6) is 0 Å². The second-order valence-corrected chi connectivity index (χ2v) is 8.07. The second kappa shape index (κ2) is 6.40. The molecule has 0 atom stereocenters. The molecule has 130 valence electrons. The topological polar surface area (TPSA) is 91.9 Å². The summed E-state index contributed by atoms with van der Waals surface area (Å²) in [5.74, 6) is 0. The molecule has 0 fully saturated rings. The average molecular weight is 383 g/mol. The highest BCUT2D eigenvalue weighted by molar-refractivity contribution is 7.93. The van der Waals surface area contributed by atoms with Crippen LogP contribution in [0.3, 0.4) is 0 Å². The van der Waals surface area contributed by atoms with E-state index < -0.39 is 10.0 Å². The Morgan fingerprint density at radius 1 is 1.04 bits per heavy atom. The smallest absolute Gasteiger partial charge is 0.304 e. The fourth-order valence-electron chi connectivity index (χ4n) is 2.67. The predicted octanol–water partition coefficient (Wildman–Crippen LogP) is 3.45. The van der Waals surface area contributed by atoms with Crippen molar-refractivity contribution in [3.8, 4) is 11.3 Å². The molecule has 4 aromatic rings. The number of aromatic nitrogens is 2. The van der Waals surface area contributed by atoms with Crippen LogP contribution in [0, 0.1) is 0 Å². The minimum Gasteiger partial charge on any atom is -0.312 e. The van der Waals surface area contributed by atoms with Crippen molar-refractivity contribution in [3.63, 3.8) is 0 Å². The lowest BCUT2D eigenvalue weighted by Crippen LogP contribution is -2.13. The van der Waals surface area contributed by atoms with Crippen LogP contribution >= 0.6 is 11.3 Å². The van der Waals surface area contributed by atoms with Gasteiger partial charge in [-0.3, -0.25) is 14.5 Å². The molecule has 8 heteroatoms. The second-order valence-electron chi connectivity index (χ2n) is 5.58. The van der Waals surface area contributed by atoms with Crippen molar-refractivity contribution in [2.45, 2.75) is 4.90 Å². The first-order valence-electron chi connectivity index (χ1n) is 7.68.